The van der Waals surface area contributed by atoms with Gasteiger partial charge >= 0.3 is 0 Å². The van der Waals surface area contributed by atoms with Gasteiger partial charge in [-0.15, -0.1) is 0 Å². The van der Waals surface area contributed by atoms with Crippen LogP contribution in [-0.2, 0) is 6.54 Å². The molecule has 108 valence electrons. The third kappa shape index (κ3) is 2.58. The van der Waals surface area contributed by atoms with Gasteiger partial charge in [0.25, 0.3) is 0 Å². The van der Waals surface area contributed by atoms with Crippen molar-refractivity contribution in [2.24, 2.45) is 5.84 Å². The minimum atomic E-state index is -0.232. The Balaban J connectivity index is 1.94. The molecule has 0 saturated carbocycles. The average Bonchev–Trinajstić information content (AvgIpc) is 3.19. The van der Waals surface area contributed by atoms with E-state index in [1.54, 1.807) is 6.20 Å². The van der Waals surface area contributed by atoms with Crippen molar-refractivity contribution in [3.63, 3.8) is 0 Å². The summed E-state index contributed by atoms with van der Waals surface area (Å²) in [6, 6.07) is 11.7. The number of nitrogens with two attached hydrogens (primary N) is 1. The molecule has 3 rings (SSSR count). The van der Waals surface area contributed by atoms with Crippen molar-refractivity contribution in [1.29, 1.82) is 0 Å². The molecule has 2 heterocycles. The number of nitrogens with one attached hydrogen (secondary N) is 1. The van der Waals surface area contributed by atoms with Gasteiger partial charge in [0.15, 0.2) is 0 Å². The average molecular weight is 282 g/mol. The number of hydrogen-bond acceptors (Lipinski definition) is 4. The molecule has 3 N–H and O–H groups in total. The van der Waals surface area contributed by atoms with E-state index in [1.165, 1.54) is 0 Å². The molecular formula is C15H18N6. The number of hydrogen-bond donors (Lipinski definition) is 2. The van der Waals surface area contributed by atoms with Crippen molar-refractivity contribution in [1.82, 2.24) is 24.8 Å². The van der Waals surface area contributed by atoms with Gasteiger partial charge in [0.2, 0.25) is 0 Å². The van der Waals surface area contributed by atoms with Gasteiger partial charge in [-0.3, -0.25) is 5.84 Å². The van der Waals surface area contributed by atoms with Gasteiger partial charge in [0, 0.05) is 25.1 Å². The lowest BCUT2D eigenvalue weighted by Crippen LogP contribution is -2.31. The van der Waals surface area contributed by atoms with E-state index in [2.05, 4.69) is 22.4 Å². The predicted octanol–water partition coefficient (Wildman–Crippen LogP) is 1.64. The van der Waals surface area contributed by atoms with Crippen molar-refractivity contribution in [2.75, 3.05) is 0 Å². The van der Waals surface area contributed by atoms with Gasteiger partial charge in [-0.05, 0) is 25.1 Å². The molecule has 0 aliphatic heterocycles. The zero-order chi connectivity index (χ0) is 14.7. The standard InChI is InChI=1S/C15H18N6/c1-2-20-11-9-17-15(20)14(18-16)13-8-10-21(19-13)12-6-4-3-5-7-12/h3-11,14,18H,2,16H2,1H3. The molecule has 0 bridgehead atoms. The Bertz CT molecular complexity index is 700. The highest BCUT2D eigenvalue weighted by atomic mass is 15.3. The first kappa shape index (κ1) is 13.5. The number of hydrazine groups is 1. The van der Waals surface area contributed by atoms with Crippen LogP contribution in [0, 0.1) is 0 Å². The largest absolute Gasteiger partial charge is 0.334 e. The summed E-state index contributed by atoms with van der Waals surface area (Å²) < 4.78 is 3.88. The maximum absolute atomic E-state index is 5.71. The first-order chi connectivity index (χ1) is 10.3. The number of benzene rings is 1. The number of rotatable bonds is 5. The molecular weight excluding hydrogens is 264 g/mol. The first-order valence-electron chi connectivity index (χ1n) is 6.91. The summed E-state index contributed by atoms with van der Waals surface area (Å²) in [6.45, 7) is 2.91. The van der Waals surface area contributed by atoms with E-state index in [9.17, 15) is 0 Å². The number of nitrogens with zero attached hydrogens (tertiary/aromatic N) is 4. The molecule has 21 heavy (non-hydrogen) atoms. The van der Waals surface area contributed by atoms with Crippen molar-refractivity contribution in [3.05, 3.63) is 66.5 Å². The van der Waals surface area contributed by atoms with Gasteiger partial charge < -0.3 is 4.57 Å². The molecule has 0 amide bonds. The van der Waals surface area contributed by atoms with Crippen LogP contribution in [0.15, 0.2) is 55.0 Å². The van der Waals surface area contributed by atoms with Crippen LogP contribution in [0.2, 0.25) is 0 Å². The zero-order valence-corrected chi connectivity index (χ0v) is 11.8. The Morgan fingerprint density at radius 1 is 1.19 bits per heavy atom. The topological polar surface area (TPSA) is 73.7 Å². The van der Waals surface area contributed by atoms with Crippen LogP contribution in [0.5, 0.6) is 0 Å². The van der Waals surface area contributed by atoms with E-state index in [0.717, 1.165) is 23.8 Å². The van der Waals surface area contributed by atoms with Crippen molar-refractivity contribution < 1.29 is 0 Å². The number of aryl methyl sites for hydroxylation is 1. The van der Waals surface area contributed by atoms with Crippen molar-refractivity contribution in [3.8, 4) is 5.69 Å². The Kier molecular flexibility index (Phi) is 3.81. The second kappa shape index (κ2) is 5.90. The first-order valence-corrected chi connectivity index (χ1v) is 6.91. The summed E-state index contributed by atoms with van der Waals surface area (Å²) in [6.07, 6.45) is 5.64. The maximum atomic E-state index is 5.71. The van der Waals surface area contributed by atoms with Gasteiger partial charge in [0.1, 0.15) is 11.9 Å². The van der Waals surface area contributed by atoms with Gasteiger partial charge in [-0.2, -0.15) is 5.10 Å². The van der Waals surface area contributed by atoms with Crippen LogP contribution in [0.25, 0.3) is 5.69 Å². The summed E-state index contributed by atoms with van der Waals surface area (Å²) in [5, 5.41) is 4.60. The molecule has 6 heteroatoms. The highest BCUT2D eigenvalue weighted by molar-refractivity contribution is 5.31. The molecule has 0 aliphatic carbocycles. The van der Waals surface area contributed by atoms with E-state index < -0.39 is 0 Å². The zero-order valence-electron chi connectivity index (χ0n) is 11.8. The lowest BCUT2D eigenvalue weighted by molar-refractivity contribution is 0.546. The van der Waals surface area contributed by atoms with Crippen LogP contribution < -0.4 is 11.3 Å². The van der Waals surface area contributed by atoms with E-state index >= 15 is 0 Å². The van der Waals surface area contributed by atoms with Crippen LogP contribution in [0.3, 0.4) is 0 Å². The summed E-state index contributed by atoms with van der Waals surface area (Å²) in [7, 11) is 0. The molecule has 0 saturated heterocycles. The van der Waals surface area contributed by atoms with Crippen LogP contribution in [0.1, 0.15) is 24.5 Å². The number of aromatic nitrogens is 4. The monoisotopic (exact) mass is 282 g/mol. The summed E-state index contributed by atoms with van der Waals surface area (Å²) in [5.74, 6) is 6.57. The molecule has 0 aliphatic rings. The molecule has 0 radical (unpaired) electrons. The highest BCUT2D eigenvalue weighted by Gasteiger charge is 2.20. The van der Waals surface area contributed by atoms with E-state index in [1.807, 2.05) is 58.0 Å². The van der Waals surface area contributed by atoms with Crippen LogP contribution >= 0.6 is 0 Å². The van der Waals surface area contributed by atoms with Gasteiger partial charge in [-0.1, -0.05) is 18.2 Å². The normalized spacial score (nSPS) is 12.5. The molecule has 1 unspecified atom stereocenters. The predicted molar refractivity (Wildman–Crippen MR) is 80.6 cm³/mol. The Morgan fingerprint density at radius 3 is 2.71 bits per heavy atom. The molecule has 6 nitrogen and oxygen atoms in total. The lowest BCUT2D eigenvalue weighted by Gasteiger charge is -2.14. The Labute approximate surface area is 123 Å². The summed E-state index contributed by atoms with van der Waals surface area (Å²) >= 11 is 0. The summed E-state index contributed by atoms with van der Waals surface area (Å²) in [5.41, 5.74) is 4.65. The van der Waals surface area contributed by atoms with Gasteiger partial charge in [-0.25, -0.2) is 15.1 Å². The minimum absolute atomic E-state index is 0.232. The number of imidazole rings is 1. The molecule has 0 spiro atoms. The van der Waals surface area contributed by atoms with Crippen LogP contribution in [0.4, 0.5) is 0 Å². The van der Waals surface area contributed by atoms with Crippen molar-refractivity contribution in [2.45, 2.75) is 19.5 Å². The lowest BCUT2D eigenvalue weighted by atomic mass is 10.2. The molecule has 2 aromatic heterocycles. The van der Waals surface area contributed by atoms with E-state index in [0.29, 0.717) is 0 Å². The Morgan fingerprint density at radius 2 is 2.00 bits per heavy atom. The summed E-state index contributed by atoms with van der Waals surface area (Å²) in [4.78, 5) is 4.39. The highest BCUT2D eigenvalue weighted by Crippen LogP contribution is 2.19. The fourth-order valence-electron chi connectivity index (χ4n) is 2.36. The van der Waals surface area contributed by atoms with E-state index in [4.69, 9.17) is 5.84 Å². The van der Waals surface area contributed by atoms with Crippen molar-refractivity contribution >= 4 is 0 Å². The second-order valence-electron chi connectivity index (χ2n) is 4.69. The molecule has 3 aromatic rings. The second-order valence-corrected chi connectivity index (χ2v) is 4.69. The van der Waals surface area contributed by atoms with E-state index in [-0.39, 0.29) is 6.04 Å². The molecule has 1 aromatic carbocycles. The Hall–Kier alpha value is -2.44. The minimum Gasteiger partial charge on any atom is -0.334 e. The third-order valence-electron chi connectivity index (χ3n) is 3.44. The number of para-hydroxylation sites is 1. The fourth-order valence-corrected chi connectivity index (χ4v) is 2.36. The smallest absolute Gasteiger partial charge is 0.133 e. The van der Waals surface area contributed by atoms with Crippen LogP contribution in [-0.4, -0.2) is 19.3 Å². The third-order valence-corrected chi connectivity index (χ3v) is 3.44. The quantitative estimate of drug-likeness (QED) is 0.551. The molecule has 1 atom stereocenters. The molecule has 0 fully saturated rings. The maximum Gasteiger partial charge on any atom is 0.133 e. The SMILES string of the molecule is CCn1ccnc1C(NN)c1ccn(-c2ccccc2)n1. The fraction of sp³-hybridized carbons (Fsp3) is 0.200. The van der Waals surface area contributed by atoms with Gasteiger partial charge in [0.05, 0.1) is 11.4 Å².